The van der Waals surface area contributed by atoms with Gasteiger partial charge in [0, 0.05) is 24.5 Å². The summed E-state index contributed by atoms with van der Waals surface area (Å²) in [7, 11) is 0. The number of hydrogen-bond donors (Lipinski definition) is 1. The van der Waals surface area contributed by atoms with Crippen LogP contribution in [0.3, 0.4) is 0 Å². The van der Waals surface area contributed by atoms with Gasteiger partial charge in [0.05, 0.1) is 0 Å². The van der Waals surface area contributed by atoms with Gasteiger partial charge in [0.25, 0.3) is 0 Å². The first-order chi connectivity index (χ1) is 6.27. The number of aryl methyl sites for hydroxylation is 1. The summed E-state index contributed by atoms with van der Waals surface area (Å²) in [5, 5.41) is 8.64. The van der Waals surface area contributed by atoms with Crippen LogP contribution in [0.2, 0.25) is 0 Å². The van der Waals surface area contributed by atoms with E-state index in [0.717, 1.165) is 30.7 Å². The van der Waals surface area contributed by atoms with E-state index in [1.54, 1.807) is 0 Å². The number of aliphatic carboxylic acids is 1. The van der Waals surface area contributed by atoms with Crippen molar-refractivity contribution in [3.63, 3.8) is 0 Å². The van der Waals surface area contributed by atoms with E-state index in [4.69, 9.17) is 5.11 Å². The summed E-state index contributed by atoms with van der Waals surface area (Å²) in [6.07, 6.45) is 5.20. The molecule has 2 rings (SSSR count). The molecule has 0 unspecified atom stereocenters. The van der Waals surface area contributed by atoms with Gasteiger partial charge in [-0.2, -0.15) is 0 Å². The van der Waals surface area contributed by atoms with E-state index in [-0.39, 0.29) is 0 Å². The number of rotatable bonds is 1. The van der Waals surface area contributed by atoms with E-state index in [1.807, 2.05) is 18.3 Å². The van der Waals surface area contributed by atoms with Gasteiger partial charge in [0.15, 0.2) is 0 Å². The van der Waals surface area contributed by atoms with Gasteiger partial charge in [-0.3, -0.25) is 0 Å². The molecule has 2 heterocycles. The SMILES string of the molecule is O=C(O)/C=C1/CCCn2cccc21. The molecule has 1 aromatic heterocycles. The monoisotopic (exact) mass is 177 g/mol. The number of aromatic nitrogens is 1. The lowest BCUT2D eigenvalue weighted by molar-refractivity contribution is -0.131. The quantitative estimate of drug-likeness (QED) is 0.664. The lowest BCUT2D eigenvalue weighted by atomic mass is 10.0. The van der Waals surface area contributed by atoms with Crippen molar-refractivity contribution in [1.82, 2.24) is 4.57 Å². The van der Waals surface area contributed by atoms with E-state index in [1.165, 1.54) is 6.08 Å². The average Bonchev–Trinajstić information content (AvgIpc) is 2.51. The van der Waals surface area contributed by atoms with Crippen LogP contribution in [-0.4, -0.2) is 15.6 Å². The molecule has 1 aromatic rings. The van der Waals surface area contributed by atoms with E-state index < -0.39 is 5.97 Å². The normalized spacial score (nSPS) is 18.6. The fourth-order valence-electron chi connectivity index (χ4n) is 1.76. The number of hydrogen-bond acceptors (Lipinski definition) is 1. The van der Waals surface area contributed by atoms with Gasteiger partial charge < -0.3 is 9.67 Å². The number of carboxylic acid groups (broad SMARTS) is 1. The molecule has 0 amide bonds. The second-order valence-electron chi connectivity index (χ2n) is 3.20. The fraction of sp³-hybridized carbons (Fsp3) is 0.300. The van der Waals surface area contributed by atoms with Gasteiger partial charge in [-0.15, -0.1) is 0 Å². The number of carboxylic acids is 1. The molecule has 0 aromatic carbocycles. The maximum absolute atomic E-state index is 10.5. The van der Waals surface area contributed by atoms with Crippen LogP contribution in [0.5, 0.6) is 0 Å². The molecular formula is C10H11NO2. The predicted octanol–water partition coefficient (Wildman–Crippen LogP) is 1.75. The number of allylic oxidation sites excluding steroid dienone is 1. The summed E-state index contributed by atoms with van der Waals surface area (Å²) in [5.41, 5.74) is 1.98. The Balaban J connectivity index is 2.40. The molecule has 0 bridgehead atoms. The first-order valence-electron chi connectivity index (χ1n) is 4.36. The Morgan fingerprint density at radius 1 is 1.62 bits per heavy atom. The summed E-state index contributed by atoms with van der Waals surface area (Å²) in [6, 6.07) is 3.92. The van der Waals surface area contributed by atoms with Crippen LogP contribution >= 0.6 is 0 Å². The topological polar surface area (TPSA) is 42.2 Å². The van der Waals surface area contributed by atoms with Crippen molar-refractivity contribution in [3.05, 3.63) is 30.1 Å². The van der Waals surface area contributed by atoms with Crippen molar-refractivity contribution in [1.29, 1.82) is 0 Å². The third-order valence-electron chi connectivity index (χ3n) is 2.30. The van der Waals surface area contributed by atoms with Crippen molar-refractivity contribution < 1.29 is 9.90 Å². The Bertz CT molecular complexity index is 363. The molecule has 0 spiro atoms. The molecule has 0 saturated carbocycles. The number of nitrogens with zero attached hydrogens (tertiary/aromatic N) is 1. The molecule has 3 heteroatoms. The van der Waals surface area contributed by atoms with Crippen molar-refractivity contribution >= 4 is 11.5 Å². The Labute approximate surface area is 76.3 Å². The molecule has 1 N–H and O–H groups in total. The van der Waals surface area contributed by atoms with E-state index in [2.05, 4.69) is 4.57 Å². The number of fused-ring (bicyclic) bond motifs is 1. The molecule has 0 saturated heterocycles. The van der Waals surface area contributed by atoms with E-state index in [0.29, 0.717) is 0 Å². The van der Waals surface area contributed by atoms with Gasteiger partial charge >= 0.3 is 5.97 Å². The third kappa shape index (κ3) is 1.49. The maximum Gasteiger partial charge on any atom is 0.328 e. The van der Waals surface area contributed by atoms with Crippen LogP contribution in [0.1, 0.15) is 18.5 Å². The van der Waals surface area contributed by atoms with E-state index in [9.17, 15) is 4.79 Å². The van der Waals surface area contributed by atoms with Crippen LogP contribution in [0, 0.1) is 0 Å². The maximum atomic E-state index is 10.5. The summed E-state index contributed by atoms with van der Waals surface area (Å²) in [4.78, 5) is 10.5. The van der Waals surface area contributed by atoms with Crippen LogP contribution in [0.25, 0.3) is 5.57 Å². The zero-order valence-electron chi connectivity index (χ0n) is 7.23. The molecule has 1 aliphatic rings. The van der Waals surface area contributed by atoms with Gasteiger partial charge in [-0.1, -0.05) is 0 Å². The smallest absolute Gasteiger partial charge is 0.328 e. The molecule has 0 aliphatic carbocycles. The second-order valence-corrected chi connectivity index (χ2v) is 3.20. The Morgan fingerprint density at radius 2 is 2.46 bits per heavy atom. The zero-order valence-corrected chi connectivity index (χ0v) is 7.23. The summed E-state index contributed by atoms with van der Waals surface area (Å²) in [6.45, 7) is 0.999. The lowest BCUT2D eigenvalue weighted by Crippen LogP contribution is -2.08. The molecule has 13 heavy (non-hydrogen) atoms. The van der Waals surface area contributed by atoms with Crippen molar-refractivity contribution in [2.75, 3.05) is 0 Å². The molecule has 0 fully saturated rings. The Morgan fingerprint density at radius 3 is 3.23 bits per heavy atom. The zero-order chi connectivity index (χ0) is 9.26. The van der Waals surface area contributed by atoms with E-state index >= 15 is 0 Å². The van der Waals surface area contributed by atoms with Crippen LogP contribution < -0.4 is 0 Å². The Hall–Kier alpha value is -1.51. The Kier molecular flexibility index (Phi) is 1.93. The van der Waals surface area contributed by atoms with Crippen LogP contribution in [-0.2, 0) is 11.3 Å². The lowest BCUT2D eigenvalue weighted by Gasteiger charge is -2.17. The molecule has 3 nitrogen and oxygen atoms in total. The van der Waals surface area contributed by atoms with Crippen LogP contribution in [0.4, 0.5) is 0 Å². The highest BCUT2D eigenvalue weighted by Crippen LogP contribution is 2.25. The highest BCUT2D eigenvalue weighted by Gasteiger charge is 2.13. The highest BCUT2D eigenvalue weighted by molar-refractivity contribution is 5.89. The second kappa shape index (κ2) is 3.09. The summed E-state index contributed by atoms with van der Waals surface area (Å²) < 4.78 is 2.10. The molecule has 68 valence electrons. The molecule has 0 radical (unpaired) electrons. The first kappa shape index (κ1) is 8.10. The van der Waals surface area contributed by atoms with Crippen LogP contribution in [0.15, 0.2) is 24.4 Å². The standard InChI is InChI=1S/C10H11NO2/c12-10(13)7-8-3-1-5-11-6-2-4-9(8)11/h2,4,6-7H,1,3,5H2,(H,12,13)/b8-7-. The minimum Gasteiger partial charge on any atom is -0.478 e. The van der Waals surface area contributed by atoms with Crippen molar-refractivity contribution in [3.8, 4) is 0 Å². The summed E-state index contributed by atoms with van der Waals surface area (Å²) in [5.74, 6) is -0.857. The van der Waals surface area contributed by atoms with Crippen molar-refractivity contribution in [2.24, 2.45) is 0 Å². The third-order valence-corrected chi connectivity index (χ3v) is 2.30. The molecule has 1 aliphatic heterocycles. The first-order valence-corrected chi connectivity index (χ1v) is 4.36. The molecule has 0 atom stereocenters. The van der Waals surface area contributed by atoms with Gasteiger partial charge in [-0.25, -0.2) is 4.79 Å². The average molecular weight is 177 g/mol. The fourth-order valence-corrected chi connectivity index (χ4v) is 1.76. The van der Waals surface area contributed by atoms with Crippen molar-refractivity contribution in [2.45, 2.75) is 19.4 Å². The number of carbonyl (C=O) groups is 1. The minimum absolute atomic E-state index is 0.857. The predicted molar refractivity (Wildman–Crippen MR) is 49.3 cm³/mol. The summed E-state index contributed by atoms with van der Waals surface area (Å²) >= 11 is 0. The largest absolute Gasteiger partial charge is 0.478 e. The molecular weight excluding hydrogens is 166 g/mol. The minimum atomic E-state index is -0.857. The van der Waals surface area contributed by atoms with Gasteiger partial charge in [0.2, 0.25) is 0 Å². The highest BCUT2D eigenvalue weighted by atomic mass is 16.4. The van der Waals surface area contributed by atoms with Gasteiger partial charge in [0.1, 0.15) is 0 Å². The van der Waals surface area contributed by atoms with Gasteiger partial charge in [-0.05, 0) is 30.5 Å².